The van der Waals surface area contributed by atoms with E-state index in [0.29, 0.717) is 24.7 Å². The number of carbonyl (C=O) groups excluding carboxylic acids is 2. The molecule has 0 atom stereocenters. The maximum absolute atomic E-state index is 12.7. The topological polar surface area (TPSA) is 132 Å². The highest BCUT2D eigenvalue weighted by atomic mass is 16.5. The number of anilines is 1. The third-order valence-corrected chi connectivity index (χ3v) is 4.52. The smallest absolute Gasteiger partial charge is 0.338 e. The van der Waals surface area contributed by atoms with Crippen molar-refractivity contribution in [2.45, 2.75) is 34.2 Å². The molecule has 0 aliphatic rings. The van der Waals surface area contributed by atoms with Crippen molar-refractivity contribution in [1.29, 1.82) is 0 Å². The van der Waals surface area contributed by atoms with Crippen molar-refractivity contribution in [3.63, 3.8) is 0 Å². The van der Waals surface area contributed by atoms with Crippen molar-refractivity contribution in [1.82, 2.24) is 9.13 Å². The fraction of sp³-hybridized carbons (Fsp3) is 0.455. The standard InChI is InChI=1S/C22H29N3O7/c1-6-30-16-9-8-14(10-17(16)31-7-2)21(28)32-12-15(26)18-19(23)25(11-13(3)4)22(29)24(5)20(18)27/h8-10,13H,6-7,11-12,23H2,1-5H3. The van der Waals surface area contributed by atoms with Gasteiger partial charge in [-0.15, -0.1) is 0 Å². The number of rotatable bonds is 10. The van der Waals surface area contributed by atoms with E-state index in [1.807, 2.05) is 20.8 Å². The van der Waals surface area contributed by atoms with E-state index < -0.39 is 29.6 Å². The highest BCUT2D eigenvalue weighted by Crippen LogP contribution is 2.28. The van der Waals surface area contributed by atoms with Gasteiger partial charge in [0.1, 0.15) is 11.4 Å². The summed E-state index contributed by atoms with van der Waals surface area (Å²) in [5.74, 6) is -0.933. The fourth-order valence-electron chi connectivity index (χ4n) is 3.05. The Morgan fingerprint density at radius 1 is 1.06 bits per heavy atom. The normalized spacial score (nSPS) is 10.8. The fourth-order valence-corrected chi connectivity index (χ4v) is 3.05. The van der Waals surface area contributed by atoms with Crippen LogP contribution in [0.15, 0.2) is 27.8 Å². The predicted molar refractivity (Wildman–Crippen MR) is 119 cm³/mol. The summed E-state index contributed by atoms with van der Waals surface area (Å²) in [6.45, 7) is 7.66. The van der Waals surface area contributed by atoms with Gasteiger partial charge in [-0.3, -0.25) is 18.7 Å². The number of hydrogen-bond donors (Lipinski definition) is 1. The molecule has 2 rings (SSSR count). The quantitative estimate of drug-likeness (QED) is 0.429. The van der Waals surface area contributed by atoms with Gasteiger partial charge >= 0.3 is 11.7 Å². The second-order valence-electron chi connectivity index (χ2n) is 7.44. The Bertz CT molecular complexity index is 1120. The average Bonchev–Trinajstić information content (AvgIpc) is 2.75. The van der Waals surface area contributed by atoms with E-state index in [-0.39, 0.29) is 29.4 Å². The van der Waals surface area contributed by atoms with Crippen molar-refractivity contribution < 1.29 is 23.8 Å². The number of hydrogen-bond acceptors (Lipinski definition) is 8. The molecular formula is C22H29N3O7. The van der Waals surface area contributed by atoms with Crippen LogP contribution in [0.5, 0.6) is 11.5 Å². The number of carbonyl (C=O) groups is 2. The monoisotopic (exact) mass is 447 g/mol. The summed E-state index contributed by atoms with van der Waals surface area (Å²) in [5.41, 5.74) is 4.28. The Labute approximate surface area is 185 Å². The molecule has 2 aromatic rings. The molecule has 174 valence electrons. The number of Topliss-reactive ketones (excluding diaryl/α,β-unsaturated/α-hetero) is 1. The first-order valence-electron chi connectivity index (χ1n) is 10.3. The third kappa shape index (κ3) is 5.37. The van der Waals surface area contributed by atoms with Gasteiger partial charge in [0.2, 0.25) is 5.78 Å². The van der Waals surface area contributed by atoms with E-state index in [1.54, 1.807) is 13.0 Å². The zero-order chi connectivity index (χ0) is 24.0. The van der Waals surface area contributed by atoms with Crippen molar-refractivity contribution in [2.75, 3.05) is 25.6 Å². The number of benzene rings is 1. The van der Waals surface area contributed by atoms with Crippen LogP contribution in [-0.2, 0) is 18.3 Å². The van der Waals surface area contributed by atoms with Gasteiger partial charge in [0.25, 0.3) is 5.56 Å². The molecule has 10 heteroatoms. The number of ketones is 1. The maximum atomic E-state index is 12.7. The molecule has 0 saturated heterocycles. The minimum atomic E-state index is -0.840. The van der Waals surface area contributed by atoms with Crippen molar-refractivity contribution in [3.8, 4) is 11.5 Å². The van der Waals surface area contributed by atoms with Crippen molar-refractivity contribution in [3.05, 3.63) is 50.2 Å². The number of nitrogen functional groups attached to an aromatic ring is 1. The molecule has 0 bridgehead atoms. The van der Waals surface area contributed by atoms with Crippen molar-refractivity contribution in [2.24, 2.45) is 13.0 Å². The Morgan fingerprint density at radius 3 is 2.28 bits per heavy atom. The van der Waals surface area contributed by atoms with E-state index in [9.17, 15) is 19.2 Å². The lowest BCUT2D eigenvalue weighted by atomic mass is 10.1. The van der Waals surface area contributed by atoms with Crippen molar-refractivity contribution >= 4 is 17.6 Å². The van der Waals surface area contributed by atoms with E-state index in [1.165, 1.54) is 23.7 Å². The highest BCUT2D eigenvalue weighted by molar-refractivity contribution is 6.02. The molecule has 0 spiro atoms. The molecule has 0 aliphatic heterocycles. The molecule has 1 heterocycles. The lowest BCUT2D eigenvalue weighted by Gasteiger charge is -2.16. The van der Waals surface area contributed by atoms with Gasteiger partial charge in [-0.1, -0.05) is 13.8 Å². The lowest BCUT2D eigenvalue weighted by molar-refractivity contribution is 0.0473. The molecule has 1 aromatic carbocycles. The van der Waals surface area contributed by atoms with E-state index in [4.69, 9.17) is 19.9 Å². The Morgan fingerprint density at radius 2 is 1.69 bits per heavy atom. The summed E-state index contributed by atoms with van der Waals surface area (Å²) in [5, 5.41) is 0. The lowest BCUT2D eigenvalue weighted by Crippen LogP contribution is -2.43. The van der Waals surface area contributed by atoms with E-state index in [2.05, 4.69) is 0 Å². The summed E-state index contributed by atoms with van der Waals surface area (Å²) in [6.07, 6.45) is 0. The summed E-state index contributed by atoms with van der Waals surface area (Å²) in [6, 6.07) is 4.51. The molecule has 0 fully saturated rings. The van der Waals surface area contributed by atoms with Gasteiger partial charge in [0.05, 0.1) is 18.8 Å². The van der Waals surface area contributed by atoms with Crippen LogP contribution in [0.3, 0.4) is 0 Å². The van der Waals surface area contributed by atoms with Gasteiger partial charge in [0.15, 0.2) is 18.1 Å². The average molecular weight is 447 g/mol. The van der Waals surface area contributed by atoms with Gasteiger partial charge in [-0.05, 0) is 38.0 Å². The first kappa shape index (κ1) is 24.7. The minimum absolute atomic E-state index is 0.0486. The van der Waals surface area contributed by atoms with Gasteiger partial charge in [0, 0.05) is 13.6 Å². The molecular weight excluding hydrogens is 418 g/mol. The predicted octanol–water partition coefficient (Wildman–Crippen LogP) is 1.62. The Kier molecular flexibility index (Phi) is 8.22. The molecule has 0 aliphatic carbocycles. The molecule has 0 radical (unpaired) electrons. The van der Waals surface area contributed by atoms with Crippen LogP contribution in [0.1, 0.15) is 48.4 Å². The first-order chi connectivity index (χ1) is 15.1. The van der Waals surface area contributed by atoms with Crippen LogP contribution in [-0.4, -0.2) is 40.7 Å². The van der Waals surface area contributed by atoms with Crippen LogP contribution in [0.25, 0.3) is 0 Å². The van der Waals surface area contributed by atoms with Crippen LogP contribution in [0, 0.1) is 5.92 Å². The Hall–Kier alpha value is -3.56. The van der Waals surface area contributed by atoms with E-state index in [0.717, 1.165) is 4.57 Å². The van der Waals surface area contributed by atoms with Crippen LogP contribution >= 0.6 is 0 Å². The summed E-state index contributed by atoms with van der Waals surface area (Å²) in [7, 11) is 1.26. The molecule has 1 aromatic heterocycles. The number of aromatic nitrogens is 2. The minimum Gasteiger partial charge on any atom is -0.490 e. The Balaban J connectivity index is 2.27. The van der Waals surface area contributed by atoms with E-state index >= 15 is 0 Å². The summed E-state index contributed by atoms with van der Waals surface area (Å²) < 4.78 is 18.0. The SMILES string of the molecule is CCOc1ccc(C(=O)OCC(=O)c2c(N)n(CC(C)C)c(=O)n(C)c2=O)cc1OCC. The second-order valence-corrected chi connectivity index (χ2v) is 7.44. The van der Waals surface area contributed by atoms with Gasteiger partial charge in [-0.25, -0.2) is 9.59 Å². The number of nitrogens with two attached hydrogens (primary N) is 1. The van der Waals surface area contributed by atoms with Gasteiger partial charge in [-0.2, -0.15) is 0 Å². The molecule has 10 nitrogen and oxygen atoms in total. The highest BCUT2D eigenvalue weighted by Gasteiger charge is 2.23. The van der Waals surface area contributed by atoms with Crippen LogP contribution < -0.4 is 26.5 Å². The first-order valence-corrected chi connectivity index (χ1v) is 10.3. The summed E-state index contributed by atoms with van der Waals surface area (Å²) in [4.78, 5) is 50.0. The second kappa shape index (κ2) is 10.7. The number of ether oxygens (including phenoxy) is 3. The van der Waals surface area contributed by atoms with Gasteiger partial charge < -0.3 is 19.9 Å². The summed E-state index contributed by atoms with van der Waals surface area (Å²) >= 11 is 0. The molecule has 0 amide bonds. The van der Waals surface area contributed by atoms with Crippen LogP contribution in [0.4, 0.5) is 5.82 Å². The number of nitrogens with zero attached hydrogens (tertiary/aromatic N) is 2. The zero-order valence-electron chi connectivity index (χ0n) is 19.0. The molecule has 0 unspecified atom stereocenters. The molecule has 0 saturated carbocycles. The molecule has 32 heavy (non-hydrogen) atoms. The zero-order valence-corrected chi connectivity index (χ0v) is 19.0. The largest absolute Gasteiger partial charge is 0.490 e. The third-order valence-electron chi connectivity index (χ3n) is 4.52. The van der Waals surface area contributed by atoms with Crippen LogP contribution in [0.2, 0.25) is 0 Å². The maximum Gasteiger partial charge on any atom is 0.338 e. The number of esters is 1. The molecule has 2 N–H and O–H groups in total.